The van der Waals surface area contributed by atoms with Crippen LogP contribution < -0.4 is 4.90 Å². The van der Waals surface area contributed by atoms with Crippen LogP contribution >= 0.6 is 11.6 Å². The van der Waals surface area contributed by atoms with E-state index in [-0.39, 0.29) is 23.7 Å². The monoisotopic (exact) mass is 393 g/mol. The van der Waals surface area contributed by atoms with Gasteiger partial charge in [0.2, 0.25) is 5.91 Å². The maximum atomic E-state index is 14.5. The van der Waals surface area contributed by atoms with Gasteiger partial charge in [-0.2, -0.15) is 0 Å². The van der Waals surface area contributed by atoms with Gasteiger partial charge in [0.05, 0.1) is 5.69 Å². The number of hydrogen-bond donors (Lipinski definition) is 0. The first-order valence-corrected chi connectivity index (χ1v) is 10.3. The fourth-order valence-corrected chi connectivity index (χ4v) is 4.75. The Morgan fingerprint density at radius 3 is 2.33 bits per heavy atom. The normalized spacial score (nSPS) is 20.7. The van der Waals surface area contributed by atoms with Crippen molar-refractivity contribution in [3.63, 3.8) is 0 Å². The zero-order valence-corrected chi connectivity index (χ0v) is 16.2. The summed E-state index contributed by atoms with van der Waals surface area (Å²) >= 11 is 6.23. The molecular weight excluding hydrogens is 369 g/mol. The molecular formula is C20H25ClFN3O2. The summed E-state index contributed by atoms with van der Waals surface area (Å²) in [7, 11) is 0. The summed E-state index contributed by atoms with van der Waals surface area (Å²) in [6, 6.07) is 3.00. The Balaban J connectivity index is 1.43. The molecule has 3 aliphatic heterocycles. The van der Waals surface area contributed by atoms with E-state index in [0.717, 1.165) is 37.9 Å². The molecule has 2 fully saturated rings. The lowest BCUT2D eigenvalue weighted by molar-refractivity contribution is -0.123. The van der Waals surface area contributed by atoms with Crippen LogP contribution in [0.5, 0.6) is 0 Å². The molecule has 3 aliphatic rings. The lowest BCUT2D eigenvalue weighted by Crippen LogP contribution is -2.49. The summed E-state index contributed by atoms with van der Waals surface area (Å²) in [6.07, 6.45) is 4.89. The van der Waals surface area contributed by atoms with Crippen molar-refractivity contribution in [1.82, 2.24) is 9.80 Å². The minimum Gasteiger partial charge on any atom is -0.325 e. The van der Waals surface area contributed by atoms with Gasteiger partial charge in [-0.25, -0.2) is 9.18 Å². The molecule has 0 N–H and O–H groups in total. The van der Waals surface area contributed by atoms with Crippen LogP contribution in [0.2, 0.25) is 5.02 Å². The van der Waals surface area contributed by atoms with E-state index in [9.17, 15) is 14.0 Å². The summed E-state index contributed by atoms with van der Waals surface area (Å²) in [5.74, 6) is -0.591. The van der Waals surface area contributed by atoms with Gasteiger partial charge < -0.3 is 14.7 Å². The lowest BCUT2D eigenvalue weighted by atomic mass is 9.93. The van der Waals surface area contributed by atoms with Gasteiger partial charge in [0, 0.05) is 43.7 Å². The number of fused-ring (bicyclic) bond motifs is 1. The van der Waals surface area contributed by atoms with Crippen molar-refractivity contribution in [2.75, 3.05) is 37.6 Å². The van der Waals surface area contributed by atoms with Gasteiger partial charge in [0.15, 0.2) is 0 Å². The third-order valence-electron chi connectivity index (χ3n) is 6.01. The number of nitrogens with zero attached hydrogens (tertiary/aromatic N) is 3. The number of likely N-dealkylation sites (tertiary alicyclic amines) is 2. The first-order chi connectivity index (χ1) is 13.1. The van der Waals surface area contributed by atoms with Crippen LogP contribution in [-0.4, -0.2) is 54.5 Å². The Morgan fingerprint density at radius 1 is 0.963 bits per heavy atom. The number of urea groups is 1. The van der Waals surface area contributed by atoms with Crippen LogP contribution in [0.25, 0.3) is 0 Å². The molecule has 146 valence electrons. The van der Waals surface area contributed by atoms with Crippen molar-refractivity contribution < 1.29 is 14.0 Å². The number of halogens is 2. The second-order valence-electron chi connectivity index (χ2n) is 7.69. The smallest absolute Gasteiger partial charge is 0.319 e. The van der Waals surface area contributed by atoms with Gasteiger partial charge in [0.1, 0.15) is 5.82 Å². The van der Waals surface area contributed by atoms with E-state index in [1.54, 1.807) is 11.0 Å². The van der Waals surface area contributed by atoms with E-state index in [4.69, 9.17) is 11.6 Å². The molecule has 0 aliphatic carbocycles. The molecule has 27 heavy (non-hydrogen) atoms. The third-order valence-corrected chi connectivity index (χ3v) is 6.37. The largest absolute Gasteiger partial charge is 0.325 e. The van der Waals surface area contributed by atoms with E-state index >= 15 is 0 Å². The first kappa shape index (κ1) is 18.5. The number of rotatable bonds is 1. The van der Waals surface area contributed by atoms with Crippen molar-refractivity contribution >= 4 is 29.2 Å². The Bertz CT molecular complexity index is 743. The van der Waals surface area contributed by atoms with Gasteiger partial charge in [0.25, 0.3) is 0 Å². The minimum absolute atomic E-state index is 0.0367. The SMILES string of the molecule is O=C(N1CCCC1)N1CCC(C(=O)N2CCCc3c(Cl)ccc(F)c32)CC1. The van der Waals surface area contributed by atoms with E-state index in [0.29, 0.717) is 49.6 Å². The maximum absolute atomic E-state index is 14.5. The molecule has 0 spiro atoms. The molecule has 0 bridgehead atoms. The number of carbonyl (C=O) groups is 2. The van der Waals surface area contributed by atoms with Gasteiger partial charge in [-0.3, -0.25) is 4.79 Å². The zero-order valence-electron chi connectivity index (χ0n) is 15.4. The minimum atomic E-state index is -0.385. The Labute approximate surface area is 164 Å². The highest BCUT2D eigenvalue weighted by atomic mass is 35.5. The molecule has 3 amide bonds. The number of benzene rings is 1. The van der Waals surface area contributed by atoms with E-state index < -0.39 is 0 Å². The van der Waals surface area contributed by atoms with Crippen LogP contribution in [0.3, 0.4) is 0 Å². The molecule has 0 aromatic heterocycles. The molecule has 1 aromatic carbocycles. The molecule has 0 atom stereocenters. The quantitative estimate of drug-likeness (QED) is 0.730. The number of piperidine rings is 1. The second kappa shape index (κ2) is 7.66. The molecule has 5 nitrogen and oxygen atoms in total. The summed E-state index contributed by atoms with van der Waals surface area (Å²) in [6.45, 7) is 3.37. The maximum Gasteiger partial charge on any atom is 0.319 e. The molecule has 2 saturated heterocycles. The Morgan fingerprint density at radius 2 is 1.63 bits per heavy atom. The summed E-state index contributed by atoms with van der Waals surface area (Å²) in [5, 5.41) is 0.523. The molecule has 3 heterocycles. The topological polar surface area (TPSA) is 43.9 Å². The average molecular weight is 394 g/mol. The van der Waals surface area contributed by atoms with Crippen molar-refractivity contribution in [2.45, 2.75) is 38.5 Å². The van der Waals surface area contributed by atoms with Crippen molar-refractivity contribution in [1.29, 1.82) is 0 Å². The molecule has 7 heteroatoms. The highest BCUT2D eigenvalue weighted by Crippen LogP contribution is 2.36. The van der Waals surface area contributed by atoms with Crippen molar-refractivity contribution in [2.24, 2.45) is 5.92 Å². The van der Waals surface area contributed by atoms with Crippen LogP contribution in [0, 0.1) is 11.7 Å². The molecule has 0 unspecified atom stereocenters. The van der Waals surface area contributed by atoms with E-state index in [2.05, 4.69) is 0 Å². The van der Waals surface area contributed by atoms with Crippen molar-refractivity contribution in [3.05, 3.63) is 28.5 Å². The molecule has 0 saturated carbocycles. The fourth-order valence-electron chi connectivity index (χ4n) is 4.51. The highest BCUT2D eigenvalue weighted by Gasteiger charge is 2.35. The number of amides is 3. The summed E-state index contributed by atoms with van der Waals surface area (Å²) < 4.78 is 14.5. The zero-order chi connectivity index (χ0) is 19.0. The van der Waals surface area contributed by atoms with Crippen LogP contribution in [0.1, 0.15) is 37.7 Å². The predicted octanol–water partition coefficient (Wildman–Crippen LogP) is 3.69. The Hall–Kier alpha value is -1.82. The number of anilines is 1. The Kier molecular flexibility index (Phi) is 5.26. The van der Waals surface area contributed by atoms with Crippen LogP contribution in [0.4, 0.5) is 14.9 Å². The van der Waals surface area contributed by atoms with Gasteiger partial charge in [-0.1, -0.05) is 11.6 Å². The van der Waals surface area contributed by atoms with Crippen LogP contribution in [-0.2, 0) is 11.2 Å². The van der Waals surface area contributed by atoms with Gasteiger partial charge in [-0.15, -0.1) is 0 Å². The summed E-state index contributed by atoms with van der Waals surface area (Å²) in [4.78, 5) is 31.0. The fraction of sp³-hybridized carbons (Fsp3) is 0.600. The molecule has 0 radical (unpaired) electrons. The van der Waals surface area contributed by atoms with Crippen molar-refractivity contribution in [3.8, 4) is 0 Å². The van der Waals surface area contributed by atoms with Crippen LogP contribution in [0.15, 0.2) is 12.1 Å². The first-order valence-electron chi connectivity index (χ1n) is 9.88. The third kappa shape index (κ3) is 3.51. The predicted molar refractivity (Wildman–Crippen MR) is 103 cm³/mol. The van der Waals surface area contributed by atoms with Gasteiger partial charge >= 0.3 is 6.03 Å². The number of hydrogen-bond acceptors (Lipinski definition) is 2. The average Bonchev–Trinajstić information content (AvgIpc) is 3.24. The summed E-state index contributed by atoms with van der Waals surface area (Å²) in [5.41, 5.74) is 1.09. The molecule has 4 rings (SSSR count). The van der Waals surface area contributed by atoms with E-state index in [1.807, 2.05) is 9.80 Å². The van der Waals surface area contributed by atoms with E-state index in [1.165, 1.54) is 6.07 Å². The molecule has 1 aromatic rings. The van der Waals surface area contributed by atoms with Gasteiger partial charge in [-0.05, 0) is 56.2 Å². The second-order valence-corrected chi connectivity index (χ2v) is 8.10. The highest BCUT2D eigenvalue weighted by molar-refractivity contribution is 6.32. The number of carbonyl (C=O) groups excluding carboxylic acids is 2. The lowest BCUT2D eigenvalue weighted by Gasteiger charge is -2.37. The standard InChI is InChI=1S/C20H25ClFN3O2/c21-16-5-6-17(22)18-15(16)4-3-11-25(18)19(26)14-7-12-24(13-8-14)20(27)23-9-1-2-10-23/h5-6,14H,1-4,7-13H2.